The number of Topliss-reactive ketones (excluding diaryl/α,β-unsaturated/α-hetero) is 1. The Morgan fingerprint density at radius 3 is 2.63 bits per heavy atom. The zero-order chi connectivity index (χ0) is 21.6. The van der Waals surface area contributed by atoms with Crippen LogP contribution in [0.3, 0.4) is 0 Å². The summed E-state index contributed by atoms with van der Waals surface area (Å²) in [6.07, 6.45) is -2.44. The van der Waals surface area contributed by atoms with Crippen molar-refractivity contribution in [3.05, 3.63) is 64.6 Å². The van der Waals surface area contributed by atoms with Crippen molar-refractivity contribution in [3.8, 4) is 0 Å². The summed E-state index contributed by atoms with van der Waals surface area (Å²) >= 11 is 0. The molecule has 0 fully saturated rings. The second-order valence-corrected chi connectivity index (χ2v) is 8.18. The van der Waals surface area contributed by atoms with E-state index in [2.05, 4.69) is 46.6 Å². The molecule has 0 spiro atoms. The minimum Gasteiger partial charge on any atom is -0.343 e. The van der Waals surface area contributed by atoms with Crippen LogP contribution in [0.5, 0.6) is 0 Å². The van der Waals surface area contributed by atoms with Gasteiger partial charge in [0.15, 0.2) is 0 Å². The Kier molecular flexibility index (Phi) is 5.18. The van der Waals surface area contributed by atoms with E-state index >= 15 is 0 Å². The molecule has 1 aromatic carbocycles. The monoisotopic (exact) mass is 415 g/mol. The number of carbonyl (C=O) groups excluding carboxylic acids is 1. The van der Waals surface area contributed by atoms with Crippen LogP contribution in [0.4, 0.5) is 13.2 Å². The number of alkyl halides is 3. The number of aryl methyl sites for hydroxylation is 1. The van der Waals surface area contributed by atoms with Gasteiger partial charge in [-0.25, -0.2) is 0 Å². The van der Waals surface area contributed by atoms with Crippen LogP contribution in [0.25, 0.3) is 10.9 Å². The van der Waals surface area contributed by atoms with Crippen LogP contribution in [0.15, 0.2) is 36.5 Å². The van der Waals surface area contributed by atoms with E-state index in [4.69, 9.17) is 0 Å². The van der Waals surface area contributed by atoms with Crippen LogP contribution < -0.4 is 0 Å². The van der Waals surface area contributed by atoms with E-state index in [0.29, 0.717) is 12.1 Å². The van der Waals surface area contributed by atoms with E-state index in [-0.39, 0.29) is 5.78 Å². The van der Waals surface area contributed by atoms with Crippen molar-refractivity contribution in [1.82, 2.24) is 14.5 Å². The number of halogens is 3. The van der Waals surface area contributed by atoms with E-state index in [1.165, 1.54) is 41.4 Å². The maximum absolute atomic E-state index is 12.9. The lowest BCUT2D eigenvalue weighted by molar-refractivity contribution is -0.141. The number of carbonyl (C=O) groups is 1. The Labute approximate surface area is 173 Å². The lowest BCUT2D eigenvalue weighted by Crippen LogP contribution is -2.28. The van der Waals surface area contributed by atoms with Crippen molar-refractivity contribution in [1.29, 1.82) is 0 Å². The molecule has 0 radical (unpaired) electrons. The zero-order valence-electron chi connectivity index (χ0n) is 17.3. The van der Waals surface area contributed by atoms with Gasteiger partial charge in [-0.1, -0.05) is 17.7 Å². The van der Waals surface area contributed by atoms with Crippen LogP contribution in [-0.2, 0) is 30.5 Å². The maximum atomic E-state index is 12.9. The highest BCUT2D eigenvalue weighted by atomic mass is 19.4. The normalized spacial score (nSPS) is 15.9. The van der Waals surface area contributed by atoms with Crippen LogP contribution >= 0.6 is 0 Å². The number of rotatable bonds is 4. The van der Waals surface area contributed by atoms with Crippen molar-refractivity contribution in [2.75, 3.05) is 13.6 Å². The Bertz CT molecular complexity index is 1100. The molecular weight excluding hydrogens is 391 g/mol. The number of ketones is 1. The Balaban J connectivity index is 1.77. The van der Waals surface area contributed by atoms with Gasteiger partial charge in [0.2, 0.25) is 0 Å². The Morgan fingerprint density at radius 2 is 2.00 bits per heavy atom. The third-order valence-corrected chi connectivity index (χ3v) is 5.94. The molecule has 4 nitrogen and oxygen atoms in total. The van der Waals surface area contributed by atoms with E-state index < -0.39 is 17.8 Å². The zero-order valence-corrected chi connectivity index (χ0v) is 17.3. The molecule has 7 heteroatoms. The molecule has 158 valence electrons. The van der Waals surface area contributed by atoms with Crippen LogP contribution in [0.2, 0.25) is 0 Å². The van der Waals surface area contributed by atoms with Gasteiger partial charge in [0.1, 0.15) is 11.5 Å². The Hall–Kier alpha value is -2.67. The highest BCUT2D eigenvalue weighted by Gasteiger charge is 2.33. The fraction of sp³-hybridized carbons (Fsp3) is 0.391. The molecule has 4 rings (SSSR count). The Morgan fingerprint density at radius 1 is 1.23 bits per heavy atom. The summed E-state index contributed by atoms with van der Waals surface area (Å²) in [7, 11) is 2.09. The first-order valence-electron chi connectivity index (χ1n) is 9.98. The number of benzene rings is 1. The summed E-state index contributed by atoms with van der Waals surface area (Å²) in [6.45, 7) is 5.70. The molecule has 3 aromatic rings. The van der Waals surface area contributed by atoms with Gasteiger partial charge in [0.05, 0.1) is 5.92 Å². The summed E-state index contributed by atoms with van der Waals surface area (Å²) in [5, 5.41) is 1.18. The van der Waals surface area contributed by atoms with Crippen molar-refractivity contribution in [3.63, 3.8) is 0 Å². The molecular formula is C23H24F3N3O. The minimum atomic E-state index is -4.50. The van der Waals surface area contributed by atoms with Gasteiger partial charge >= 0.3 is 6.18 Å². The second-order valence-electron chi connectivity index (χ2n) is 8.18. The lowest BCUT2D eigenvalue weighted by Gasteiger charge is -2.25. The van der Waals surface area contributed by atoms with E-state index in [9.17, 15) is 18.0 Å². The summed E-state index contributed by atoms with van der Waals surface area (Å²) < 4.78 is 40.8. The molecule has 3 heterocycles. The molecule has 0 saturated carbocycles. The highest BCUT2D eigenvalue weighted by Crippen LogP contribution is 2.34. The number of pyridine rings is 1. The highest BCUT2D eigenvalue weighted by molar-refractivity contribution is 5.87. The van der Waals surface area contributed by atoms with Crippen molar-refractivity contribution >= 4 is 16.7 Å². The molecule has 0 amide bonds. The third-order valence-electron chi connectivity index (χ3n) is 5.94. The first-order valence-corrected chi connectivity index (χ1v) is 9.98. The van der Waals surface area contributed by atoms with Gasteiger partial charge < -0.3 is 9.47 Å². The van der Waals surface area contributed by atoms with Crippen LogP contribution in [0, 0.1) is 6.92 Å². The van der Waals surface area contributed by atoms with Gasteiger partial charge in [0, 0.05) is 48.8 Å². The predicted molar refractivity (Wildman–Crippen MR) is 109 cm³/mol. The average molecular weight is 415 g/mol. The molecule has 0 N–H and O–H groups in total. The molecule has 1 aliphatic heterocycles. The van der Waals surface area contributed by atoms with Gasteiger partial charge in [-0.05, 0) is 50.2 Å². The topological polar surface area (TPSA) is 38.1 Å². The van der Waals surface area contributed by atoms with Gasteiger partial charge in [-0.3, -0.25) is 9.78 Å². The number of aromatic nitrogens is 2. The van der Waals surface area contributed by atoms with E-state index in [1.54, 1.807) is 0 Å². The fourth-order valence-corrected chi connectivity index (χ4v) is 4.34. The minimum absolute atomic E-state index is 0.0906. The summed E-state index contributed by atoms with van der Waals surface area (Å²) in [5.74, 6) is -0.646. The summed E-state index contributed by atoms with van der Waals surface area (Å²) in [6, 6.07) is 8.62. The number of likely N-dealkylation sites (N-methyl/N-ethyl adjacent to an activating group) is 1. The number of hydrogen-bond acceptors (Lipinski definition) is 3. The molecule has 0 saturated heterocycles. The smallest absolute Gasteiger partial charge is 0.343 e. The SMILES string of the molecule is CC(=O)C(Cn1c2c(c3cc(C)ccc31)CN(C)CC2)c1ccc(C(F)(F)F)nc1. The molecule has 2 aromatic heterocycles. The molecule has 0 aliphatic carbocycles. The lowest BCUT2D eigenvalue weighted by atomic mass is 9.96. The molecule has 30 heavy (non-hydrogen) atoms. The molecule has 0 bridgehead atoms. The van der Waals surface area contributed by atoms with Crippen molar-refractivity contribution in [2.45, 2.75) is 45.5 Å². The first-order chi connectivity index (χ1) is 14.1. The summed E-state index contributed by atoms with van der Waals surface area (Å²) in [4.78, 5) is 18.3. The fourth-order valence-electron chi connectivity index (χ4n) is 4.34. The second kappa shape index (κ2) is 7.54. The summed E-state index contributed by atoms with van der Waals surface area (Å²) in [5.41, 5.74) is 4.27. The molecule has 1 atom stereocenters. The number of fused-ring (bicyclic) bond motifs is 3. The van der Waals surface area contributed by atoms with Gasteiger partial charge in [-0.15, -0.1) is 0 Å². The third kappa shape index (κ3) is 3.74. The van der Waals surface area contributed by atoms with Gasteiger partial charge in [-0.2, -0.15) is 13.2 Å². The number of hydrogen-bond donors (Lipinski definition) is 0. The quantitative estimate of drug-likeness (QED) is 0.619. The largest absolute Gasteiger partial charge is 0.433 e. The maximum Gasteiger partial charge on any atom is 0.433 e. The average Bonchev–Trinajstić information content (AvgIpc) is 2.97. The number of nitrogens with zero attached hydrogens (tertiary/aromatic N) is 3. The molecule has 1 aliphatic rings. The van der Waals surface area contributed by atoms with Crippen molar-refractivity contribution in [2.24, 2.45) is 0 Å². The van der Waals surface area contributed by atoms with E-state index in [1.807, 2.05) is 0 Å². The van der Waals surface area contributed by atoms with Crippen molar-refractivity contribution < 1.29 is 18.0 Å². The van der Waals surface area contributed by atoms with Crippen LogP contribution in [0.1, 0.15) is 40.9 Å². The van der Waals surface area contributed by atoms with Gasteiger partial charge in [0.25, 0.3) is 0 Å². The standard InChI is InChI=1S/C23H24F3N3O/c1-14-4-6-20-17(10-14)19-12-28(3)9-8-21(19)29(20)13-18(15(2)30)16-5-7-22(27-11-16)23(24,25)26/h4-7,10-11,18H,8-9,12-13H2,1-3H3. The van der Waals surface area contributed by atoms with E-state index in [0.717, 1.165) is 31.1 Å². The predicted octanol–water partition coefficient (Wildman–Crippen LogP) is 4.72. The first kappa shape index (κ1) is 20.6. The molecule has 1 unspecified atom stereocenters. The van der Waals surface area contributed by atoms with Crippen LogP contribution in [-0.4, -0.2) is 33.8 Å².